The molecule has 10 nitrogen and oxygen atoms in total. The van der Waals surface area contributed by atoms with Crippen LogP contribution in [0.2, 0.25) is 0 Å². The number of aromatic amines is 1. The van der Waals surface area contributed by atoms with Crippen molar-refractivity contribution in [3.05, 3.63) is 36.2 Å². The van der Waals surface area contributed by atoms with Crippen LogP contribution in [0.15, 0.2) is 30.5 Å². The second-order valence-corrected chi connectivity index (χ2v) is 8.43. The van der Waals surface area contributed by atoms with Gasteiger partial charge in [0.05, 0.1) is 11.6 Å². The number of nitrogens with zero attached hydrogens (tertiary/aromatic N) is 5. The van der Waals surface area contributed by atoms with Crippen molar-refractivity contribution < 1.29 is 4.79 Å². The van der Waals surface area contributed by atoms with Crippen molar-refractivity contribution in [3.8, 4) is 6.07 Å². The summed E-state index contributed by atoms with van der Waals surface area (Å²) in [6.45, 7) is 0.861. The van der Waals surface area contributed by atoms with E-state index in [2.05, 4.69) is 36.8 Å². The monoisotopic (exact) mass is 431 g/mol. The molecule has 1 amide bonds. The van der Waals surface area contributed by atoms with Gasteiger partial charge in [0, 0.05) is 54.8 Å². The molecule has 2 aliphatic rings. The molecule has 5 heterocycles. The molecule has 3 aromatic heterocycles. The van der Waals surface area contributed by atoms with Gasteiger partial charge in [-0.2, -0.15) is 10.4 Å². The smallest absolute Gasteiger partial charge is 0.266 e. The van der Waals surface area contributed by atoms with Crippen LogP contribution >= 0.6 is 0 Å². The van der Waals surface area contributed by atoms with E-state index < -0.39 is 5.91 Å². The summed E-state index contributed by atoms with van der Waals surface area (Å²) in [6, 6.07) is 10.9. The largest absolute Gasteiger partial charge is 0.367 e. The number of anilines is 3. The number of amides is 1. The topological polar surface area (TPSA) is 149 Å². The fourth-order valence-electron chi connectivity index (χ4n) is 5.02. The minimum absolute atomic E-state index is 0.225. The van der Waals surface area contributed by atoms with Crippen molar-refractivity contribution in [2.45, 2.75) is 50.2 Å². The maximum atomic E-state index is 11.3. The maximum Gasteiger partial charge on any atom is 0.266 e. The van der Waals surface area contributed by atoms with Gasteiger partial charge < -0.3 is 16.4 Å². The van der Waals surface area contributed by atoms with E-state index >= 15 is 0 Å². The molecule has 0 spiro atoms. The second kappa shape index (κ2) is 8.43. The minimum atomic E-state index is -0.572. The predicted molar refractivity (Wildman–Crippen MR) is 120 cm³/mol. The number of carbonyl (C=O) groups excluding carboxylic acids is 1. The molecular formula is C22H25N9O. The fourth-order valence-corrected chi connectivity index (χ4v) is 5.02. The number of piperidine rings is 1. The summed E-state index contributed by atoms with van der Waals surface area (Å²) in [7, 11) is 0. The number of H-pyrrole nitrogens is 1. The van der Waals surface area contributed by atoms with Crippen LogP contribution < -0.4 is 16.4 Å². The number of rotatable bonds is 7. The Kier molecular flexibility index (Phi) is 5.33. The lowest BCUT2D eigenvalue weighted by molar-refractivity contribution is 0.0995. The number of aromatic nitrogens is 4. The molecule has 2 bridgehead atoms. The Hall–Kier alpha value is -3.71. The molecule has 2 aliphatic heterocycles. The molecular weight excluding hydrogens is 406 g/mol. The molecule has 0 saturated carbocycles. The highest BCUT2D eigenvalue weighted by Gasteiger charge is 2.40. The van der Waals surface area contributed by atoms with Crippen molar-refractivity contribution in [1.82, 2.24) is 25.1 Å². The zero-order valence-corrected chi connectivity index (χ0v) is 17.6. The van der Waals surface area contributed by atoms with Crippen LogP contribution in [0.3, 0.4) is 0 Å². The van der Waals surface area contributed by atoms with E-state index in [1.165, 1.54) is 12.8 Å². The normalized spacial score (nSPS) is 22.5. The van der Waals surface area contributed by atoms with Gasteiger partial charge in [0.2, 0.25) is 0 Å². The van der Waals surface area contributed by atoms with Crippen LogP contribution in [-0.4, -0.2) is 55.6 Å². The Morgan fingerprint density at radius 2 is 2.09 bits per heavy atom. The summed E-state index contributed by atoms with van der Waals surface area (Å²) >= 11 is 0. The molecule has 32 heavy (non-hydrogen) atoms. The Morgan fingerprint density at radius 3 is 2.81 bits per heavy atom. The van der Waals surface area contributed by atoms with Gasteiger partial charge in [-0.25, -0.2) is 4.98 Å². The van der Waals surface area contributed by atoms with Gasteiger partial charge in [-0.1, -0.05) is 0 Å². The summed E-state index contributed by atoms with van der Waals surface area (Å²) in [4.78, 5) is 23.1. The minimum Gasteiger partial charge on any atom is -0.367 e. The lowest BCUT2D eigenvalue weighted by atomic mass is 9.97. The Labute approximate surface area is 185 Å². The molecule has 0 aliphatic carbocycles. The highest BCUT2D eigenvalue weighted by atomic mass is 16.1. The van der Waals surface area contributed by atoms with Crippen LogP contribution in [-0.2, 0) is 0 Å². The molecule has 2 fully saturated rings. The average Bonchev–Trinajstić information content (AvgIpc) is 3.34. The lowest BCUT2D eigenvalue weighted by Gasteiger charge is -2.39. The maximum absolute atomic E-state index is 11.3. The number of nitrogens with one attached hydrogen (secondary N) is 3. The Balaban J connectivity index is 1.37. The van der Waals surface area contributed by atoms with E-state index in [1.807, 2.05) is 18.2 Å². The summed E-state index contributed by atoms with van der Waals surface area (Å²) in [5, 5.41) is 23.4. The number of pyridine rings is 2. The van der Waals surface area contributed by atoms with Gasteiger partial charge in [-0.15, -0.1) is 0 Å². The summed E-state index contributed by atoms with van der Waals surface area (Å²) in [6.07, 6.45) is 6.78. The molecule has 2 atom stereocenters. The van der Waals surface area contributed by atoms with Crippen molar-refractivity contribution in [3.63, 3.8) is 0 Å². The number of carbonyl (C=O) groups is 1. The number of primary amides is 1. The van der Waals surface area contributed by atoms with Gasteiger partial charge in [-0.3, -0.25) is 19.8 Å². The van der Waals surface area contributed by atoms with Crippen molar-refractivity contribution in [1.29, 1.82) is 5.26 Å². The van der Waals surface area contributed by atoms with E-state index in [4.69, 9.17) is 16.0 Å². The zero-order chi connectivity index (χ0) is 22.1. The fraction of sp³-hybridized carbons (Fsp3) is 0.409. The van der Waals surface area contributed by atoms with Crippen molar-refractivity contribution in [2.24, 2.45) is 5.73 Å². The van der Waals surface area contributed by atoms with Gasteiger partial charge in [0.15, 0.2) is 5.82 Å². The lowest BCUT2D eigenvalue weighted by Crippen LogP contribution is -2.47. The first-order valence-electron chi connectivity index (χ1n) is 10.9. The van der Waals surface area contributed by atoms with Gasteiger partial charge in [-0.05, 0) is 37.8 Å². The third kappa shape index (κ3) is 3.94. The third-order valence-electron chi connectivity index (χ3n) is 6.41. The van der Waals surface area contributed by atoms with E-state index in [9.17, 15) is 4.79 Å². The molecule has 5 rings (SSSR count). The molecule has 5 N–H and O–H groups in total. The number of nitrogens with two attached hydrogens (primary N) is 1. The molecule has 0 radical (unpaired) electrons. The highest BCUT2D eigenvalue weighted by molar-refractivity contribution is 5.93. The average molecular weight is 432 g/mol. The molecule has 10 heteroatoms. The summed E-state index contributed by atoms with van der Waals surface area (Å²) < 4.78 is 0. The highest BCUT2D eigenvalue weighted by Crippen LogP contribution is 2.37. The number of fused-ring (bicyclic) bond motifs is 3. The molecule has 2 unspecified atom stereocenters. The van der Waals surface area contributed by atoms with Crippen LogP contribution in [0.4, 0.5) is 17.5 Å². The summed E-state index contributed by atoms with van der Waals surface area (Å²) in [5.41, 5.74) is 6.33. The molecule has 0 aromatic carbocycles. The van der Waals surface area contributed by atoms with E-state index in [0.29, 0.717) is 36.2 Å². The zero-order valence-electron chi connectivity index (χ0n) is 17.6. The van der Waals surface area contributed by atoms with Crippen LogP contribution in [0, 0.1) is 11.3 Å². The first-order valence-corrected chi connectivity index (χ1v) is 10.9. The van der Waals surface area contributed by atoms with Gasteiger partial charge in [0.25, 0.3) is 5.91 Å². The van der Waals surface area contributed by atoms with Crippen LogP contribution in [0.25, 0.3) is 10.9 Å². The van der Waals surface area contributed by atoms with Crippen molar-refractivity contribution in [2.75, 3.05) is 17.2 Å². The standard InChI is InChI=1S/C22H25N9O/c23-6-2-8-31-14-4-5-15(31)10-13(9-14)26-22-16-3-1-7-25-17(16)11-19(28-22)27-20-12-18(21(24)32)29-30-20/h1,3,7,11-15H,2,4-5,8-10H2,(H2,24,32)(H3,26,27,28,29,30). The molecule has 3 aromatic rings. The number of hydrogen-bond donors (Lipinski definition) is 4. The van der Waals surface area contributed by atoms with Gasteiger partial charge >= 0.3 is 0 Å². The first-order chi connectivity index (χ1) is 15.6. The van der Waals surface area contributed by atoms with E-state index in [-0.39, 0.29) is 5.69 Å². The second-order valence-electron chi connectivity index (χ2n) is 8.43. The van der Waals surface area contributed by atoms with E-state index in [1.54, 1.807) is 12.3 Å². The number of nitriles is 1. The SMILES string of the molecule is N#CCCN1C2CCC1CC(Nc1nc(Nc3cc(C(N)=O)[nH]n3)cc3ncccc13)C2. The predicted octanol–water partition coefficient (Wildman–Crippen LogP) is 2.52. The van der Waals surface area contributed by atoms with Crippen LogP contribution in [0.5, 0.6) is 0 Å². The summed E-state index contributed by atoms with van der Waals surface area (Å²) in [5.74, 6) is 1.24. The quantitative estimate of drug-likeness (QED) is 0.446. The van der Waals surface area contributed by atoms with Crippen molar-refractivity contribution >= 4 is 34.3 Å². The molecule has 164 valence electrons. The van der Waals surface area contributed by atoms with Gasteiger partial charge in [0.1, 0.15) is 17.3 Å². The van der Waals surface area contributed by atoms with E-state index in [0.717, 1.165) is 36.1 Å². The Morgan fingerprint density at radius 1 is 1.28 bits per heavy atom. The van der Waals surface area contributed by atoms with Crippen LogP contribution in [0.1, 0.15) is 42.6 Å². The Bertz CT molecular complexity index is 1170. The molecule has 2 saturated heterocycles. The number of hydrogen-bond acceptors (Lipinski definition) is 8. The third-order valence-corrected chi connectivity index (χ3v) is 6.41. The first kappa shape index (κ1) is 20.2.